The lowest BCUT2D eigenvalue weighted by Crippen LogP contribution is -2.26. The van der Waals surface area contributed by atoms with E-state index in [1.807, 2.05) is 55.5 Å². The highest BCUT2D eigenvalue weighted by atomic mass is 35.5. The normalized spacial score (nSPS) is 10.2. The summed E-state index contributed by atoms with van der Waals surface area (Å²) >= 11 is 6.07. The first-order chi connectivity index (χ1) is 9.18. The van der Waals surface area contributed by atoms with Crippen LogP contribution in [-0.4, -0.2) is 12.5 Å². The van der Waals surface area contributed by atoms with Crippen LogP contribution in [0.1, 0.15) is 21.5 Å². The predicted octanol–water partition coefficient (Wildman–Crippen LogP) is 3.62. The van der Waals surface area contributed by atoms with E-state index in [4.69, 9.17) is 11.6 Å². The Morgan fingerprint density at radius 3 is 2.53 bits per heavy atom. The van der Waals surface area contributed by atoms with E-state index in [0.29, 0.717) is 6.54 Å². The second-order valence-electron chi connectivity index (χ2n) is 4.41. The summed E-state index contributed by atoms with van der Waals surface area (Å²) in [4.78, 5) is 12.0. The maximum atomic E-state index is 12.0. The number of nitrogens with one attached hydrogen (secondary N) is 1. The number of carbonyl (C=O) groups excluding carboxylic acids is 1. The minimum absolute atomic E-state index is 0.0369. The maximum Gasteiger partial charge on any atom is 0.251 e. The van der Waals surface area contributed by atoms with Crippen LogP contribution in [0.3, 0.4) is 0 Å². The van der Waals surface area contributed by atoms with E-state index < -0.39 is 0 Å². The third-order valence-corrected chi connectivity index (χ3v) is 3.40. The predicted molar refractivity (Wildman–Crippen MR) is 78.7 cm³/mol. The highest BCUT2D eigenvalue weighted by molar-refractivity contribution is 6.31. The van der Waals surface area contributed by atoms with E-state index in [1.54, 1.807) is 0 Å². The van der Waals surface area contributed by atoms with Crippen molar-refractivity contribution in [2.75, 3.05) is 6.54 Å². The van der Waals surface area contributed by atoms with Gasteiger partial charge >= 0.3 is 0 Å². The molecule has 0 unspecified atom stereocenters. The largest absolute Gasteiger partial charge is 0.352 e. The number of halogens is 1. The highest BCUT2D eigenvalue weighted by Gasteiger charge is 2.07. The molecule has 1 N–H and O–H groups in total. The molecule has 19 heavy (non-hydrogen) atoms. The molecule has 0 spiro atoms. The molecule has 0 fully saturated rings. The average Bonchev–Trinajstić information content (AvgIpc) is 2.41. The van der Waals surface area contributed by atoms with Crippen LogP contribution in [0, 0.1) is 6.92 Å². The summed E-state index contributed by atoms with van der Waals surface area (Å²) in [5, 5.41) is 3.66. The molecule has 0 aliphatic rings. The number of rotatable bonds is 4. The van der Waals surface area contributed by atoms with Gasteiger partial charge in [0, 0.05) is 17.1 Å². The first-order valence-electron chi connectivity index (χ1n) is 6.25. The van der Waals surface area contributed by atoms with Crippen molar-refractivity contribution in [3.8, 4) is 0 Å². The highest BCUT2D eigenvalue weighted by Crippen LogP contribution is 2.15. The fraction of sp³-hybridized carbons (Fsp3) is 0.188. The number of carbonyl (C=O) groups is 1. The molecule has 0 saturated carbocycles. The fourth-order valence-corrected chi connectivity index (χ4v) is 2.16. The molecular weight excluding hydrogens is 258 g/mol. The molecule has 0 heterocycles. The topological polar surface area (TPSA) is 29.1 Å². The molecule has 2 rings (SSSR count). The number of benzene rings is 2. The molecular formula is C16H16ClNO. The summed E-state index contributed by atoms with van der Waals surface area (Å²) in [7, 11) is 0. The smallest absolute Gasteiger partial charge is 0.251 e. The summed E-state index contributed by atoms with van der Waals surface area (Å²) in [6.45, 7) is 2.51. The Kier molecular flexibility index (Phi) is 4.58. The summed E-state index contributed by atoms with van der Waals surface area (Å²) in [6, 6.07) is 15.2. The molecule has 0 bridgehead atoms. The van der Waals surface area contributed by atoms with Gasteiger partial charge in [0.1, 0.15) is 0 Å². The minimum atomic E-state index is -0.0369. The van der Waals surface area contributed by atoms with Crippen LogP contribution < -0.4 is 5.32 Å². The van der Waals surface area contributed by atoms with Gasteiger partial charge in [-0.1, -0.05) is 48.0 Å². The Morgan fingerprint density at radius 2 is 1.79 bits per heavy atom. The van der Waals surface area contributed by atoms with Gasteiger partial charge in [-0.15, -0.1) is 0 Å². The van der Waals surface area contributed by atoms with Crippen LogP contribution in [0.15, 0.2) is 48.5 Å². The molecule has 2 nitrogen and oxygen atoms in total. The number of aryl methyl sites for hydroxylation is 1. The molecule has 0 radical (unpaired) electrons. The van der Waals surface area contributed by atoms with Crippen LogP contribution in [0.4, 0.5) is 0 Å². The van der Waals surface area contributed by atoms with Gasteiger partial charge in [0.25, 0.3) is 5.91 Å². The van der Waals surface area contributed by atoms with Gasteiger partial charge in [0.05, 0.1) is 0 Å². The molecule has 1 amide bonds. The summed E-state index contributed by atoms with van der Waals surface area (Å²) in [5.74, 6) is -0.0369. The molecule has 0 aliphatic heterocycles. The van der Waals surface area contributed by atoms with Crippen LogP contribution >= 0.6 is 11.6 Å². The maximum absolute atomic E-state index is 12.0. The van der Waals surface area contributed by atoms with Crippen molar-refractivity contribution in [3.63, 3.8) is 0 Å². The van der Waals surface area contributed by atoms with Crippen LogP contribution in [-0.2, 0) is 6.42 Å². The molecule has 0 aromatic heterocycles. The molecule has 3 heteroatoms. The Labute approximate surface area is 118 Å². The van der Waals surface area contributed by atoms with Gasteiger partial charge in [-0.05, 0) is 36.6 Å². The van der Waals surface area contributed by atoms with Crippen LogP contribution in [0.5, 0.6) is 0 Å². The van der Waals surface area contributed by atoms with Gasteiger partial charge in [-0.2, -0.15) is 0 Å². The summed E-state index contributed by atoms with van der Waals surface area (Å²) < 4.78 is 0. The third kappa shape index (κ3) is 3.58. The van der Waals surface area contributed by atoms with Crippen molar-refractivity contribution < 1.29 is 4.79 Å². The lowest BCUT2D eigenvalue weighted by atomic mass is 10.1. The van der Waals surface area contributed by atoms with E-state index in [2.05, 4.69) is 5.32 Å². The van der Waals surface area contributed by atoms with E-state index in [1.165, 1.54) is 0 Å². The van der Waals surface area contributed by atoms with Crippen molar-refractivity contribution in [2.24, 2.45) is 0 Å². The Bertz CT molecular complexity index is 580. The van der Waals surface area contributed by atoms with Crippen molar-refractivity contribution in [3.05, 3.63) is 70.2 Å². The van der Waals surface area contributed by atoms with Crippen LogP contribution in [0.2, 0.25) is 5.02 Å². The van der Waals surface area contributed by atoms with E-state index in [9.17, 15) is 4.79 Å². The Hall–Kier alpha value is -1.80. The monoisotopic (exact) mass is 273 g/mol. The van der Waals surface area contributed by atoms with Gasteiger partial charge in [0.15, 0.2) is 0 Å². The van der Waals surface area contributed by atoms with Gasteiger partial charge in [-0.3, -0.25) is 4.79 Å². The Morgan fingerprint density at radius 1 is 1.11 bits per heavy atom. The van der Waals surface area contributed by atoms with Crippen LogP contribution in [0.25, 0.3) is 0 Å². The number of hydrogen-bond donors (Lipinski definition) is 1. The minimum Gasteiger partial charge on any atom is -0.352 e. The Balaban J connectivity index is 1.92. The second kappa shape index (κ2) is 6.39. The van der Waals surface area contributed by atoms with E-state index in [-0.39, 0.29) is 5.91 Å². The van der Waals surface area contributed by atoms with Gasteiger partial charge in [-0.25, -0.2) is 0 Å². The quantitative estimate of drug-likeness (QED) is 0.906. The molecule has 0 aliphatic carbocycles. The van der Waals surface area contributed by atoms with Crippen molar-refractivity contribution in [1.29, 1.82) is 0 Å². The SMILES string of the molecule is Cc1ccccc1C(=O)NCCc1ccccc1Cl. The van der Waals surface area contributed by atoms with E-state index in [0.717, 1.165) is 28.1 Å². The van der Waals surface area contributed by atoms with Gasteiger partial charge < -0.3 is 5.32 Å². The molecule has 2 aromatic carbocycles. The number of amides is 1. The molecule has 2 aromatic rings. The zero-order valence-corrected chi connectivity index (χ0v) is 11.6. The zero-order chi connectivity index (χ0) is 13.7. The van der Waals surface area contributed by atoms with Crippen molar-refractivity contribution in [2.45, 2.75) is 13.3 Å². The number of hydrogen-bond acceptors (Lipinski definition) is 1. The van der Waals surface area contributed by atoms with Crippen molar-refractivity contribution in [1.82, 2.24) is 5.32 Å². The third-order valence-electron chi connectivity index (χ3n) is 3.03. The lowest BCUT2D eigenvalue weighted by molar-refractivity contribution is 0.0953. The first-order valence-corrected chi connectivity index (χ1v) is 6.63. The summed E-state index contributed by atoms with van der Waals surface area (Å²) in [5.41, 5.74) is 2.76. The van der Waals surface area contributed by atoms with Crippen molar-refractivity contribution >= 4 is 17.5 Å². The average molecular weight is 274 g/mol. The molecule has 98 valence electrons. The lowest BCUT2D eigenvalue weighted by Gasteiger charge is -2.08. The fourth-order valence-electron chi connectivity index (χ4n) is 1.93. The first kappa shape index (κ1) is 13.6. The van der Waals surface area contributed by atoms with Gasteiger partial charge in [0.2, 0.25) is 0 Å². The summed E-state index contributed by atoms with van der Waals surface area (Å²) in [6.07, 6.45) is 0.733. The molecule has 0 atom stereocenters. The standard InChI is InChI=1S/C16H16ClNO/c1-12-6-2-4-8-14(12)16(19)18-11-10-13-7-3-5-9-15(13)17/h2-9H,10-11H2,1H3,(H,18,19). The van der Waals surface area contributed by atoms with E-state index >= 15 is 0 Å². The zero-order valence-electron chi connectivity index (χ0n) is 10.8. The second-order valence-corrected chi connectivity index (χ2v) is 4.82. The molecule has 0 saturated heterocycles.